The van der Waals surface area contributed by atoms with Crippen molar-refractivity contribution in [1.82, 2.24) is 9.78 Å². The fraction of sp³-hybridized carbons (Fsp3) is 0.0909. The molecule has 4 rings (SSSR count). The molecule has 0 aliphatic carbocycles. The number of nitrogens with zero attached hydrogens (tertiary/aromatic N) is 2. The Morgan fingerprint density at radius 3 is 2.55 bits per heavy atom. The molecule has 7 nitrogen and oxygen atoms in total. The molecule has 0 saturated heterocycles. The Balaban J connectivity index is 1.87. The maximum atomic E-state index is 13.6. The largest absolute Gasteiger partial charge is 0.461 e. The van der Waals surface area contributed by atoms with Crippen LogP contribution in [0.25, 0.3) is 16.5 Å². The normalized spacial score (nSPS) is 10.9. The Kier molecular flexibility index (Phi) is 6.34. The summed E-state index contributed by atoms with van der Waals surface area (Å²) in [6.45, 7) is 1.74. The van der Waals surface area contributed by atoms with Crippen molar-refractivity contribution in [3.63, 3.8) is 0 Å². The van der Waals surface area contributed by atoms with E-state index in [-0.39, 0.29) is 33.6 Å². The van der Waals surface area contributed by atoms with Gasteiger partial charge in [0, 0.05) is 20.8 Å². The van der Waals surface area contributed by atoms with Crippen LogP contribution in [0.4, 0.5) is 13.8 Å². The number of benzene rings is 2. The average Bonchev–Trinajstić information content (AvgIpc) is 3.21. The molecule has 0 atom stereocenters. The van der Waals surface area contributed by atoms with Crippen molar-refractivity contribution in [3.8, 4) is 5.69 Å². The zero-order valence-corrected chi connectivity index (χ0v) is 19.3. The number of hydrogen-bond donors (Lipinski definition) is 1. The van der Waals surface area contributed by atoms with Crippen LogP contribution in [-0.4, -0.2) is 28.3 Å². The lowest BCUT2D eigenvalue weighted by molar-refractivity contribution is 0.0520. The quantitative estimate of drug-likeness (QED) is 0.368. The molecule has 1 N–H and O–H groups in total. The van der Waals surface area contributed by atoms with E-state index in [4.69, 9.17) is 4.74 Å². The first kappa shape index (κ1) is 22.7. The Hall–Kier alpha value is -3.44. The molecular formula is C22H14BrF2N3O4S. The van der Waals surface area contributed by atoms with Gasteiger partial charge in [-0.15, -0.1) is 11.3 Å². The molecule has 4 aromatic rings. The first-order valence-corrected chi connectivity index (χ1v) is 11.2. The molecule has 168 valence electrons. The predicted octanol–water partition coefficient (Wildman–Crippen LogP) is 4.92. The first-order chi connectivity index (χ1) is 15.8. The number of fused-ring (bicyclic) bond motifs is 1. The van der Waals surface area contributed by atoms with Gasteiger partial charge in [-0.2, -0.15) is 9.78 Å². The van der Waals surface area contributed by atoms with Gasteiger partial charge in [-0.25, -0.2) is 13.6 Å². The number of ether oxygens (including phenoxy) is 1. The number of carbonyl (C=O) groups excluding carboxylic acids is 2. The van der Waals surface area contributed by atoms with Gasteiger partial charge < -0.3 is 10.1 Å². The molecule has 0 bridgehead atoms. The number of carbonyl (C=O) groups is 2. The van der Waals surface area contributed by atoms with Crippen LogP contribution in [0.1, 0.15) is 27.8 Å². The van der Waals surface area contributed by atoms with E-state index < -0.39 is 29.1 Å². The topological polar surface area (TPSA) is 90.3 Å². The van der Waals surface area contributed by atoms with Gasteiger partial charge in [0.1, 0.15) is 5.00 Å². The third-order valence-corrected chi connectivity index (χ3v) is 6.03. The lowest BCUT2D eigenvalue weighted by Gasteiger charge is -2.10. The minimum atomic E-state index is -1.18. The number of anilines is 1. The molecule has 2 aromatic heterocycles. The SMILES string of the molecule is CCOC(=O)c1nn(-c2ccc(Br)cc2)c(=O)c2c(NC(=O)c3ccc(F)c(F)c3)scc12. The first-order valence-electron chi connectivity index (χ1n) is 9.54. The van der Waals surface area contributed by atoms with E-state index in [9.17, 15) is 23.2 Å². The van der Waals surface area contributed by atoms with Crippen molar-refractivity contribution in [2.24, 2.45) is 0 Å². The fourth-order valence-corrected chi connectivity index (χ4v) is 4.26. The molecule has 33 heavy (non-hydrogen) atoms. The van der Waals surface area contributed by atoms with Crippen LogP contribution in [0.3, 0.4) is 0 Å². The molecule has 2 aromatic carbocycles. The van der Waals surface area contributed by atoms with E-state index in [0.717, 1.165) is 38.7 Å². The summed E-state index contributed by atoms with van der Waals surface area (Å²) in [5, 5.41) is 8.63. The van der Waals surface area contributed by atoms with Gasteiger partial charge in [0.15, 0.2) is 17.3 Å². The van der Waals surface area contributed by atoms with Crippen LogP contribution in [0.15, 0.2) is 57.1 Å². The van der Waals surface area contributed by atoms with E-state index in [2.05, 4.69) is 26.3 Å². The molecule has 0 saturated carbocycles. The fourth-order valence-electron chi connectivity index (χ4n) is 3.06. The highest BCUT2D eigenvalue weighted by Crippen LogP contribution is 2.31. The maximum absolute atomic E-state index is 13.6. The Morgan fingerprint density at radius 1 is 1.15 bits per heavy atom. The van der Waals surface area contributed by atoms with Crippen molar-refractivity contribution in [1.29, 1.82) is 0 Å². The summed E-state index contributed by atoms with van der Waals surface area (Å²) in [5.74, 6) is -3.74. The summed E-state index contributed by atoms with van der Waals surface area (Å²) in [6, 6.07) is 9.38. The predicted molar refractivity (Wildman–Crippen MR) is 123 cm³/mol. The van der Waals surface area contributed by atoms with Gasteiger partial charge in [-0.3, -0.25) is 9.59 Å². The molecule has 0 spiro atoms. The second-order valence-electron chi connectivity index (χ2n) is 6.70. The summed E-state index contributed by atoms with van der Waals surface area (Å²) >= 11 is 4.32. The highest BCUT2D eigenvalue weighted by atomic mass is 79.9. The van der Waals surface area contributed by atoms with Crippen LogP contribution in [0.2, 0.25) is 0 Å². The minimum Gasteiger partial charge on any atom is -0.461 e. The number of thiophene rings is 1. The van der Waals surface area contributed by atoms with E-state index in [1.165, 1.54) is 5.38 Å². The minimum absolute atomic E-state index is 0.0388. The lowest BCUT2D eigenvalue weighted by Crippen LogP contribution is -2.25. The van der Waals surface area contributed by atoms with E-state index in [0.29, 0.717) is 5.69 Å². The number of amides is 1. The van der Waals surface area contributed by atoms with Crippen molar-refractivity contribution in [2.45, 2.75) is 6.92 Å². The van der Waals surface area contributed by atoms with E-state index in [1.54, 1.807) is 31.2 Å². The summed E-state index contributed by atoms with van der Waals surface area (Å²) in [4.78, 5) is 38.5. The monoisotopic (exact) mass is 533 g/mol. The maximum Gasteiger partial charge on any atom is 0.359 e. The van der Waals surface area contributed by atoms with Crippen LogP contribution in [0, 0.1) is 11.6 Å². The number of aromatic nitrogens is 2. The molecule has 0 unspecified atom stereocenters. The van der Waals surface area contributed by atoms with Crippen LogP contribution in [0.5, 0.6) is 0 Å². The summed E-state index contributed by atoms with van der Waals surface area (Å²) < 4.78 is 33.7. The van der Waals surface area contributed by atoms with Gasteiger partial charge in [0.05, 0.1) is 17.7 Å². The number of hydrogen-bond acceptors (Lipinski definition) is 6. The standard InChI is InChI=1S/C22H14BrF2N3O4S/c1-2-32-22(31)18-14-10-33-20(26-19(29)11-3-8-15(24)16(25)9-11)17(14)21(30)28(27-18)13-6-4-12(23)5-7-13/h3-10H,2H2,1H3,(H,26,29). The molecule has 0 radical (unpaired) electrons. The van der Waals surface area contributed by atoms with Crippen molar-refractivity contribution < 1.29 is 23.1 Å². The van der Waals surface area contributed by atoms with E-state index in [1.807, 2.05) is 0 Å². The second kappa shape index (κ2) is 9.20. The average molecular weight is 534 g/mol. The smallest absolute Gasteiger partial charge is 0.359 e. The van der Waals surface area contributed by atoms with Crippen LogP contribution < -0.4 is 10.9 Å². The third kappa shape index (κ3) is 4.41. The van der Waals surface area contributed by atoms with E-state index >= 15 is 0 Å². The zero-order valence-electron chi connectivity index (χ0n) is 16.9. The van der Waals surface area contributed by atoms with Crippen molar-refractivity contribution >= 4 is 54.9 Å². The molecule has 11 heteroatoms. The number of nitrogens with one attached hydrogen (secondary N) is 1. The molecule has 0 aliphatic rings. The van der Waals surface area contributed by atoms with Crippen LogP contribution >= 0.6 is 27.3 Å². The van der Waals surface area contributed by atoms with Gasteiger partial charge in [-0.05, 0) is 49.4 Å². The van der Waals surface area contributed by atoms with Gasteiger partial charge in [-0.1, -0.05) is 15.9 Å². The molecule has 1 amide bonds. The summed E-state index contributed by atoms with van der Waals surface area (Å²) in [6.07, 6.45) is 0. The Labute approximate surface area is 197 Å². The molecule has 2 heterocycles. The lowest BCUT2D eigenvalue weighted by atomic mass is 10.2. The zero-order chi connectivity index (χ0) is 23.7. The van der Waals surface area contributed by atoms with Crippen molar-refractivity contribution in [2.75, 3.05) is 11.9 Å². The number of halogens is 3. The Morgan fingerprint density at radius 2 is 1.88 bits per heavy atom. The van der Waals surface area contributed by atoms with Gasteiger partial charge in [0.25, 0.3) is 11.5 Å². The molecular weight excluding hydrogens is 520 g/mol. The number of esters is 1. The second-order valence-corrected chi connectivity index (χ2v) is 8.49. The summed E-state index contributed by atoms with van der Waals surface area (Å²) in [7, 11) is 0. The highest BCUT2D eigenvalue weighted by Gasteiger charge is 2.23. The van der Waals surface area contributed by atoms with Gasteiger partial charge >= 0.3 is 5.97 Å². The Bertz CT molecular complexity index is 1450. The molecule has 0 fully saturated rings. The third-order valence-electron chi connectivity index (χ3n) is 4.60. The van der Waals surface area contributed by atoms with Crippen molar-refractivity contribution in [3.05, 3.63) is 85.6 Å². The van der Waals surface area contributed by atoms with Gasteiger partial charge in [0.2, 0.25) is 0 Å². The molecule has 0 aliphatic heterocycles. The number of rotatable bonds is 5. The highest BCUT2D eigenvalue weighted by molar-refractivity contribution is 9.10. The van der Waals surface area contributed by atoms with Crippen LogP contribution in [-0.2, 0) is 4.74 Å². The summed E-state index contributed by atoms with van der Waals surface area (Å²) in [5.41, 5.74) is -0.427.